The molecule has 0 aliphatic heterocycles. The molecular formula is C24H17Cl2FN2O3. The van der Waals surface area contributed by atoms with Crippen LogP contribution in [0.1, 0.15) is 21.7 Å². The number of benzene rings is 2. The Morgan fingerprint density at radius 1 is 1.06 bits per heavy atom. The van der Waals surface area contributed by atoms with Gasteiger partial charge in [-0.05, 0) is 61.5 Å². The number of hydrogen-bond donors (Lipinski definition) is 1. The summed E-state index contributed by atoms with van der Waals surface area (Å²) < 4.78 is 21.9. The number of ether oxygens (including phenoxy) is 1. The molecule has 8 heteroatoms. The minimum absolute atomic E-state index is 0.00985. The molecule has 0 aliphatic rings. The Bertz CT molecular complexity index is 1320. The third-order valence-electron chi connectivity index (χ3n) is 4.87. The van der Waals surface area contributed by atoms with Crippen molar-refractivity contribution in [3.05, 3.63) is 99.5 Å². The molecule has 0 saturated heterocycles. The Morgan fingerprint density at radius 2 is 1.81 bits per heavy atom. The van der Waals surface area contributed by atoms with E-state index in [1.807, 2.05) is 23.6 Å². The molecule has 5 nitrogen and oxygen atoms in total. The molecule has 0 saturated carbocycles. The number of pyridine rings is 1. The molecule has 2 aromatic heterocycles. The molecule has 0 unspecified atom stereocenters. The summed E-state index contributed by atoms with van der Waals surface area (Å²) in [5.41, 5.74) is 2.49. The average Bonchev–Trinajstić information content (AvgIpc) is 3.15. The van der Waals surface area contributed by atoms with Crippen molar-refractivity contribution in [1.29, 1.82) is 0 Å². The van der Waals surface area contributed by atoms with Gasteiger partial charge < -0.3 is 9.84 Å². The molecule has 4 aromatic rings. The van der Waals surface area contributed by atoms with Crippen LogP contribution in [0.15, 0.2) is 66.7 Å². The molecule has 2 heterocycles. The third kappa shape index (κ3) is 4.47. The number of halogens is 3. The minimum atomic E-state index is -1.12. The number of aromatic carboxylic acids is 1. The lowest BCUT2D eigenvalue weighted by Crippen LogP contribution is -2.07. The van der Waals surface area contributed by atoms with Gasteiger partial charge in [0, 0.05) is 26.9 Å². The summed E-state index contributed by atoms with van der Waals surface area (Å²) in [7, 11) is 0. The molecule has 0 spiro atoms. The summed E-state index contributed by atoms with van der Waals surface area (Å²) in [5, 5.41) is 10.1. The lowest BCUT2D eigenvalue weighted by molar-refractivity contribution is 0.0690. The first-order chi connectivity index (χ1) is 15.3. The fourth-order valence-electron chi connectivity index (χ4n) is 3.34. The third-order valence-corrected chi connectivity index (χ3v) is 5.34. The molecule has 32 heavy (non-hydrogen) atoms. The number of nitrogens with zero attached hydrogens (tertiary/aromatic N) is 2. The largest absolute Gasteiger partial charge is 0.488 e. The number of aromatic nitrogens is 2. The van der Waals surface area contributed by atoms with E-state index in [1.165, 1.54) is 12.1 Å². The second-order valence-corrected chi connectivity index (χ2v) is 7.92. The Morgan fingerprint density at radius 3 is 2.56 bits per heavy atom. The molecule has 0 aliphatic carbocycles. The van der Waals surface area contributed by atoms with Crippen molar-refractivity contribution in [2.45, 2.75) is 13.5 Å². The van der Waals surface area contributed by atoms with Gasteiger partial charge in [0.05, 0.1) is 5.69 Å². The fraction of sp³-hybridized carbons (Fsp3) is 0.0833. The zero-order valence-corrected chi connectivity index (χ0v) is 18.4. The highest BCUT2D eigenvalue weighted by molar-refractivity contribution is 6.31. The monoisotopic (exact) mass is 470 g/mol. The van der Waals surface area contributed by atoms with Gasteiger partial charge in [-0.25, -0.2) is 14.2 Å². The van der Waals surface area contributed by atoms with Crippen LogP contribution in [0.25, 0.3) is 17.1 Å². The van der Waals surface area contributed by atoms with Crippen LogP contribution in [0.2, 0.25) is 10.0 Å². The maximum absolute atomic E-state index is 14.2. The normalized spacial score (nSPS) is 10.9. The van der Waals surface area contributed by atoms with Gasteiger partial charge in [0.1, 0.15) is 24.0 Å². The van der Waals surface area contributed by atoms with E-state index in [-0.39, 0.29) is 12.3 Å². The summed E-state index contributed by atoms with van der Waals surface area (Å²) in [6.45, 7) is 1.87. The quantitative estimate of drug-likeness (QED) is 0.346. The first-order valence-corrected chi connectivity index (χ1v) is 10.3. The summed E-state index contributed by atoms with van der Waals surface area (Å²) >= 11 is 12.1. The van der Waals surface area contributed by atoms with Gasteiger partial charge >= 0.3 is 5.97 Å². The topological polar surface area (TPSA) is 64.3 Å². The number of carbonyl (C=O) groups is 1. The SMILES string of the molecule is Cc1ccc(-c2cc(Cl)ccc2OCc2ccc(Cl)cc2F)n1-c1cccc(C(=O)O)n1. The standard InChI is InChI=1S/C24H17Cl2FN2O3/c1-14-5-9-21(29(14)23-4-2-3-20(28-23)24(30)31)18-11-16(25)8-10-22(18)32-13-15-6-7-17(26)12-19(15)27/h2-12H,13H2,1H3,(H,30,31). The van der Waals surface area contributed by atoms with Crippen LogP contribution < -0.4 is 4.74 Å². The van der Waals surface area contributed by atoms with E-state index in [9.17, 15) is 14.3 Å². The summed E-state index contributed by atoms with van der Waals surface area (Å²) in [4.78, 5) is 15.6. The number of hydrogen-bond acceptors (Lipinski definition) is 3. The van der Waals surface area contributed by atoms with Crippen molar-refractivity contribution in [2.75, 3.05) is 0 Å². The minimum Gasteiger partial charge on any atom is -0.488 e. The molecule has 0 bridgehead atoms. The summed E-state index contributed by atoms with van der Waals surface area (Å²) in [6, 6.07) is 18.1. The van der Waals surface area contributed by atoms with E-state index in [4.69, 9.17) is 27.9 Å². The fourth-order valence-corrected chi connectivity index (χ4v) is 3.67. The summed E-state index contributed by atoms with van der Waals surface area (Å²) in [6.07, 6.45) is 0. The molecule has 2 aromatic carbocycles. The van der Waals surface area contributed by atoms with E-state index in [2.05, 4.69) is 4.98 Å². The molecule has 0 amide bonds. The molecule has 0 radical (unpaired) electrons. The van der Waals surface area contributed by atoms with Crippen LogP contribution in [0.3, 0.4) is 0 Å². The van der Waals surface area contributed by atoms with Crippen LogP contribution in [0, 0.1) is 12.7 Å². The van der Waals surface area contributed by atoms with Gasteiger partial charge in [-0.2, -0.15) is 0 Å². The molecule has 1 N–H and O–H groups in total. The number of rotatable bonds is 6. The van der Waals surface area contributed by atoms with Crippen molar-refractivity contribution < 1.29 is 19.0 Å². The number of carboxylic acid groups (broad SMARTS) is 1. The van der Waals surface area contributed by atoms with Gasteiger partial charge in [-0.3, -0.25) is 4.57 Å². The van der Waals surface area contributed by atoms with Gasteiger partial charge in [0.25, 0.3) is 0 Å². The van der Waals surface area contributed by atoms with Gasteiger partial charge in [-0.1, -0.05) is 35.3 Å². The van der Waals surface area contributed by atoms with Crippen LogP contribution in [-0.4, -0.2) is 20.6 Å². The van der Waals surface area contributed by atoms with Crippen molar-refractivity contribution >= 4 is 29.2 Å². The maximum atomic E-state index is 14.2. The first kappa shape index (κ1) is 21.9. The lowest BCUT2D eigenvalue weighted by atomic mass is 10.1. The predicted octanol–water partition coefficient (Wildman–Crippen LogP) is 6.57. The zero-order chi connectivity index (χ0) is 22.8. The van der Waals surface area contributed by atoms with Crippen molar-refractivity contribution in [2.24, 2.45) is 0 Å². The van der Waals surface area contributed by atoms with E-state index in [1.54, 1.807) is 42.5 Å². The van der Waals surface area contributed by atoms with Crippen molar-refractivity contribution in [3.8, 4) is 22.8 Å². The highest BCUT2D eigenvalue weighted by Gasteiger charge is 2.17. The summed E-state index contributed by atoms with van der Waals surface area (Å²) in [5.74, 6) is -0.647. The Labute approximate surface area is 193 Å². The Hall–Kier alpha value is -3.35. The molecule has 0 fully saturated rings. The zero-order valence-electron chi connectivity index (χ0n) is 16.8. The van der Waals surface area contributed by atoms with Crippen LogP contribution in [-0.2, 0) is 6.61 Å². The molecule has 4 rings (SSSR count). The average molecular weight is 471 g/mol. The van der Waals surface area contributed by atoms with E-state index < -0.39 is 11.8 Å². The molecule has 0 atom stereocenters. The number of carboxylic acids is 1. The van der Waals surface area contributed by atoms with E-state index >= 15 is 0 Å². The Balaban J connectivity index is 1.76. The van der Waals surface area contributed by atoms with Crippen LogP contribution >= 0.6 is 23.2 Å². The van der Waals surface area contributed by atoms with Crippen molar-refractivity contribution in [1.82, 2.24) is 9.55 Å². The van der Waals surface area contributed by atoms with E-state index in [0.29, 0.717) is 38.4 Å². The smallest absolute Gasteiger partial charge is 0.354 e. The lowest BCUT2D eigenvalue weighted by Gasteiger charge is -2.16. The van der Waals surface area contributed by atoms with Crippen LogP contribution in [0.4, 0.5) is 4.39 Å². The van der Waals surface area contributed by atoms with E-state index in [0.717, 1.165) is 5.69 Å². The van der Waals surface area contributed by atoms with Gasteiger partial charge in [0.2, 0.25) is 0 Å². The highest BCUT2D eigenvalue weighted by atomic mass is 35.5. The highest BCUT2D eigenvalue weighted by Crippen LogP contribution is 2.36. The molecule has 162 valence electrons. The predicted molar refractivity (Wildman–Crippen MR) is 121 cm³/mol. The molecular weight excluding hydrogens is 454 g/mol. The van der Waals surface area contributed by atoms with Crippen LogP contribution in [0.5, 0.6) is 5.75 Å². The second-order valence-electron chi connectivity index (χ2n) is 7.05. The Kier molecular flexibility index (Phi) is 6.17. The second kappa shape index (κ2) is 9.02. The number of aryl methyl sites for hydroxylation is 1. The first-order valence-electron chi connectivity index (χ1n) is 9.59. The van der Waals surface area contributed by atoms with Gasteiger partial charge in [-0.15, -0.1) is 0 Å². The van der Waals surface area contributed by atoms with Crippen molar-refractivity contribution in [3.63, 3.8) is 0 Å². The maximum Gasteiger partial charge on any atom is 0.354 e. The van der Waals surface area contributed by atoms with Gasteiger partial charge in [0.15, 0.2) is 5.69 Å².